The summed E-state index contributed by atoms with van der Waals surface area (Å²) in [4.78, 5) is 16.9. The summed E-state index contributed by atoms with van der Waals surface area (Å²) < 4.78 is 16.4. The van der Waals surface area contributed by atoms with Crippen LogP contribution in [0.4, 0.5) is 0 Å². The molecule has 9 heteroatoms. The van der Waals surface area contributed by atoms with Crippen LogP contribution in [0.5, 0.6) is 11.5 Å². The second kappa shape index (κ2) is 10.0. The lowest BCUT2D eigenvalue weighted by Gasteiger charge is -2.06. The van der Waals surface area contributed by atoms with Gasteiger partial charge in [0, 0.05) is 10.6 Å². The van der Waals surface area contributed by atoms with Crippen molar-refractivity contribution in [2.45, 2.75) is 13.5 Å². The first kappa shape index (κ1) is 21.5. The van der Waals surface area contributed by atoms with Crippen LogP contribution < -0.4 is 15.2 Å². The molecule has 1 aromatic heterocycles. The van der Waals surface area contributed by atoms with Crippen LogP contribution in [0.15, 0.2) is 64.2 Å². The molecule has 30 heavy (non-hydrogen) atoms. The van der Waals surface area contributed by atoms with E-state index < -0.39 is 5.97 Å². The van der Waals surface area contributed by atoms with E-state index in [0.717, 1.165) is 5.75 Å². The van der Waals surface area contributed by atoms with Crippen molar-refractivity contribution in [3.63, 3.8) is 0 Å². The van der Waals surface area contributed by atoms with Gasteiger partial charge in [-0.3, -0.25) is 0 Å². The molecule has 2 aromatic carbocycles. The van der Waals surface area contributed by atoms with Gasteiger partial charge in [0.15, 0.2) is 5.84 Å². The van der Waals surface area contributed by atoms with Gasteiger partial charge in [-0.25, -0.2) is 4.79 Å². The quantitative estimate of drug-likeness (QED) is 0.224. The fourth-order valence-electron chi connectivity index (χ4n) is 2.40. The van der Waals surface area contributed by atoms with Crippen molar-refractivity contribution in [3.05, 3.63) is 81.7 Å². The Labute approximate surface area is 182 Å². The lowest BCUT2D eigenvalue weighted by Crippen LogP contribution is -2.15. The van der Waals surface area contributed by atoms with Gasteiger partial charge in [-0.2, -0.15) is 0 Å². The zero-order valence-corrected chi connectivity index (χ0v) is 17.4. The normalized spacial score (nSPS) is 11.2. The number of halogens is 2. The molecule has 0 atom stereocenters. The molecule has 0 spiro atoms. The van der Waals surface area contributed by atoms with E-state index in [9.17, 15) is 4.79 Å². The fraction of sp³-hybridized carbons (Fsp3) is 0.143. The molecule has 3 aromatic rings. The third-order valence-corrected chi connectivity index (χ3v) is 4.36. The number of nitrogens with two attached hydrogens (primary N) is 1. The lowest BCUT2D eigenvalue weighted by molar-refractivity contribution is 0.0475. The van der Waals surface area contributed by atoms with Gasteiger partial charge >= 0.3 is 5.97 Å². The summed E-state index contributed by atoms with van der Waals surface area (Å²) in [5.74, 6) is 0.905. The Hall–Kier alpha value is -3.16. The highest BCUT2D eigenvalue weighted by Crippen LogP contribution is 2.21. The number of hydrogen-bond acceptors (Lipinski definition) is 6. The molecule has 0 saturated heterocycles. The molecule has 0 saturated carbocycles. The highest BCUT2D eigenvalue weighted by atomic mass is 35.5. The van der Waals surface area contributed by atoms with Gasteiger partial charge in [-0.05, 0) is 61.5 Å². The van der Waals surface area contributed by atoms with E-state index in [0.29, 0.717) is 28.7 Å². The predicted octanol–water partition coefficient (Wildman–Crippen LogP) is 5.04. The Kier molecular flexibility index (Phi) is 7.21. The van der Waals surface area contributed by atoms with Crippen LogP contribution in [0.3, 0.4) is 0 Å². The SMILES string of the molecule is CCOc1ccc(OCc2ccc(C(=O)O/N=C(\N)c3ccc(Cl)cc3Cl)o2)cc1. The molecule has 0 bridgehead atoms. The van der Waals surface area contributed by atoms with Crippen molar-refractivity contribution in [2.75, 3.05) is 6.61 Å². The topological polar surface area (TPSA) is 96.3 Å². The molecule has 156 valence electrons. The van der Waals surface area contributed by atoms with Crippen molar-refractivity contribution in [1.29, 1.82) is 0 Å². The number of carbonyl (C=O) groups is 1. The molecule has 7 nitrogen and oxygen atoms in total. The van der Waals surface area contributed by atoms with Crippen LogP contribution >= 0.6 is 23.2 Å². The summed E-state index contributed by atoms with van der Waals surface area (Å²) >= 11 is 11.9. The molecule has 0 amide bonds. The number of carbonyl (C=O) groups excluding carboxylic acids is 1. The van der Waals surface area contributed by atoms with Crippen molar-refractivity contribution < 1.29 is 23.5 Å². The number of furan rings is 1. The number of benzene rings is 2. The van der Waals surface area contributed by atoms with E-state index in [1.807, 2.05) is 6.92 Å². The van der Waals surface area contributed by atoms with E-state index in [1.54, 1.807) is 42.5 Å². The fourth-order valence-corrected chi connectivity index (χ4v) is 2.91. The largest absolute Gasteiger partial charge is 0.494 e. The van der Waals surface area contributed by atoms with Gasteiger partial charge in [0.1, 0.15) is 23.9 Å². The van der Waals surface area contributed by atoms with Crippen LogP contribution in [0.1, 0.15) is 28.8 Å². The minimum atomic E-state index is -0.810. The molecular weight excluding hydrogens is 431 g/mol. The number of hydrogen-bond donors (Lipinski definition) is 1. The second-order valence-corrected chi connectivity index (χ2v) is 6.78. The Balaban J connectivity index is 1.56. The summed E-state index contributed by atoms with van der Waals surface area (Å²) in [5.41, 5.74) is 6.19. The van der Waals surface area contributed by atoms with Gasteiger partial charge < -0.3 is 24.5 Å². The minimum absolute atomic E-state index is 0.0425. The summed E-state index contributed by atoms with van der Waals surface area (Å²) in [6.45, 7) is 2.64. The summed E-state index contributed by atoms with van der Waals surface area (Å²) in [7, 11) is 0. The smallest absolute Gasteiger partial charge is 0.400 e. The highest BCUT2D eigenvalue weighted by Gasteiger charge is 2.15. The van der Waals surface area contributed by atoms with E-state index in [2.05, 4.69) is 5.16 Å². The molecule has 0 radical (unpaired) electrons. The number of rotatable bonds is 8. The summed E-state index contributed by atoms with van der Waals surface area (Å²) in [6, 6.07) is 14.9. The standard InChI is InChI=1S/C21H18Cl2N2O5/c1-2-27-14-4-6-15(7-5-14)28-12-16-8-10-19(29-16)21(26)30-25-20(24)17-9-3-13(22)11-18(17)23/h3-11H,2,12H2,1H3,(H2,24,25). The first-order valence-corrected chi connectivity index (χ1v) is 9.66. The maximum Gasteiger partial charge on any atom is 0.400 e. The number of nitrogens with zero attached hydrogens (tertiary/aromatic N) is 1. The summed E-state index contributed by atoms with van der Waals surface area (Å²) in [6.07, 6.45) is 0. The highest BCUT2D eigenvalue weighted by molar-refractivity contribution is 6.36. The van der Waals surface area contributed by atoms with Crippen LogP contribution in [0, 0.1) is 0 Å². The van der Waals surface area contributed by atoms with Crippen molar-refractivity contribution in [3.8, 4) is 11.5 Å². The molecule has 3 rings (SSSR count). The van der Waals surface area contributed by atoms with Gasteiger partial charge in [0.2, 0.25) is 5.76 Å². The maximum absolute atomic E-state index is 12.1. The number of oxime groups is 1. The molecular formula is C21H18Cl2N2O5. The van der Waals surface area contributed by atoms with Gasteiger partial charge in [0.05, 0.1) is 11.6 Å². The maximum atomic E-state index is 12.1. The van der Waals surface area contributed by atoms with Crippen LogP contribution in [-0.4, -0.2) is 18.4 Å². The van der Waals surface area contributed by atoms with Crippen molar-refractivity contribution in [1.82, 2.24) is 0 Å². The Bertz CT molecular complexity index is 1050. The lowest BCUT2D eigenvalue weighted by atomic mass is 10.2. The monoisotopic (exact) mass is 448 g/mol. The molecule has 0 aliphatic rings. The average molecular weight is 449 g/mol. The minimum Gasteiger partial charge on any atom is -0.494 e. The van der Waals surface area contributed by atoms with Gasteiger partial charge in [-0.15, -0.1) is 0 Å². The number of ether oxygens (including phenoxy) is 2. The second-order valence-electron chi connectivity index (χ2n) is 5.94. The molecule has 0 fully saturated rings. The van der Waals surface area contributed by atoms with Crippen molar-refractivity contribution in [2.24, 2.45) is 10.9 Å². The van der Waals surface area contributed by atoms with E-state index in [1.165, 1.54) is 12.1 Å². The molecule has 0 aliphatic heterocycles. The molecule has 1 heterocycles. The average Bonchev–Trinajstić information content (AvgIpc) is 3.21. The van der Waals surface area contributed by atoms with E-state index in [4.69, 9.17) is 47.7 Å². The summed E-state index contributed by atoms with van der Waals surface area (Å²) in [5, 5.41) is 4.33. The Morgan fingerprint density at radius 1 is 1.03 bits per heavy atom. The zero-order chi connectivity index (χ0) is 21.5. The first-order chi connectivity index (χ1) is 14.5. The van der Waals surface area contributed by atoms with Crippen LogP contribution in [-0.2, 0) is 11.4 Å². The van der Waals surface area contributed by atoms with Gasteiger partial charge in [-0.1, -0.05) is 28.4 Å². The van der Waals surface area contributed by atoms with Gasteiger partial charge in [0.25, 0.3) is 0 Å². The van der Waals surface area contributed by atoms with Crippen molar-refractivity contribution >= 4 is 35.0 Å². The van der Waals surface area contributed by atoms with Crippen LogP contribution in [0.25, 0.3) is 0 Å². The Morgan fingerprint density at radius 3 is 2.40 bits per heavy atom. The van der Waals surface area contributed by atoms with E-state index >= 15 is 0 Å². The molecule has 0 unspecified atom stereocenters. The third kappa shape index (κ3) is 5.68. The number of amidine groups is 1. The first-order valence-electron chi connectivity index (χ1n) is 8.91. The van der Waals surface area contributed by atoms with Crippen LogP contribution in [0.2, 0.25) is 10.0 Å². The molecule has 2 N–H and O–H groups in total. The third-order valence-electron chi connectivity index (χ3n) is 3.81. The zero-order valence-electron chi connectivity index (χ0n) is 15.9. The van der Waals surface area contributed by atoms with E-state index in [-0.39, 0.29) is 23.2 Å². The molecule has 0 aliphatic carbocycles. The Morgan fingerprint density at radius 2 is 1.73 bits per heavy atom. The predicted molar refractivity (Wildman–Crippen MR) is 113 cm³/mol.